The van der Waals surface area contributed by atoms with Gasteiger partial charge in [-0.25, -0.2) is 4.98 Å². The van der Waals surface area contributed by atoms with Crippen molar-refractivity contribution >= 4 is 5.82 Å². The Morgan fingerprint density at radius 1 is 1.31 bits per heavy atom. The van der Waals surface area contributed by atoms with E-state index >= 15 is 0 Å². The fourth-order valence-corrected chi connectivity index (χ4v) is 2.02. The van der Waals surface area contributed by atoms with Crippen LogP contribution in [0.4, 0.5) is 5.82 Å². The van der Waals surface area contributed by atoms with Gasteiger partial charge in [0.25, 0.3) is 0 Å². The maximum Gasteiger partial charge on any atom is 0.128 e. The first-order chi connectivity index (χ1) is 7.66. The molecule has 0 aromatic carbocycles. The van der Waals surface area contributed by atoms with Crippen molar-refractivity contribution in [2.24, 2.45) is 0 Å². The van der Waals surface area contributed by atoms with E-state index in [1.165, 1.54) is 5.56 Å². The minimum Gasteiger partial charge on any atom is -0.393 e. The summed E-state index contributed by atoms with van der Waals surface area (Å²) in [6, 6.07) is 4.24. The number of anilines is 1. The number of hydrogen-bond acceptors (Lipinski definition) is 3. The van der Waals surface area contributed by atoms with Crippen LogP contribution in [-0.4, -0.2) is 29.3 Å². The molecule has 0 bridgehead atoms. The molecule has 0 atom stereocenters. The maximum atomic E-state index is 9.44. The number of rotatable bonds is 2. The van der Waals surface area contributed by atoms with Crippen LogP contribution in [-0.2, 0) is 0 Å². The standard InChI is InChI=1S/C13H20N2O/c1-10(2)11-3-4-13(14-9-11)15-7-5-12(16)6-8-15/h3-4,9-10,12,16H,5-8H2,1-2H3. The van der Waals surface area contributed by atoms with Crippen LogP contribution in [0.25, 0.3) is 0 Å². The predicted octanol–water partition coefficient (Wildman–Crippen LogP) is 2.17. The van der Waals surface area contributed by atoms with E-state index in [-0.39, 0.29) is 6.10 Å². The molecule has 3 nitrogen and oxygen atoms in total. The third-order valence-corrected chi connectivity index (χ3v) is 3.23. The molecule has 0 radical (unpaired) electrons. The first kappa shape index (κ1) is 11.4. The van der Waals surface area contributed by atoms with Crippen LogP contribution >= 0.6 is 0 Å². The molecule has 1 aromatic heterocycles. The van der Waals surface area contributed by atoms with Crippen molar-refractivity contribution in [1.82, 2.24) is 4.98 Å². The van der Waals surface area contributed by atoms with Crippen LogP contribution in [0.15, 0.2) is 18.3 Å². The van der Waals surface area contributed by atoms with E-state index in [4.69, 9.17) is 0 Å². The Labute approximate surface area is 97.1 Å². The Bertz CT molecular complexity index is 326. The highest BCUT2D eigenvalue weighted by atomic mass is 16.3. The Morgan fingerprint density at radius 2 is 2.00 bits per heavy atom. The summed E-state index contributed by atoms with van der Waals surface area (Å²) in [6.45, 7) is 6.17. The molecule has 1 aliphatic rings. The lowest BCUT2D eigenvalue weighted by atomic mass is 10.1. The van der Waals surface area contributed by atoms with Gasteiger partial charge in [-0.05, 0) is 30.4 Å². The summed E-state index contributed by atoms with van der Waals surface area (Å²) >= 11 is 0. The van der Waals surface area contributed by atoms with Gasteiger partial charge in [-0.3, -0.25) is 0 Å². The van der Waals surface area contributed by atoms with E-state index < -0.39 is 0 Å². The van der Waals surface area contributed by atoms with Crippen molar-refractivity contribution in [3.8, 4) is 0 Å². The second-order valence-corrected chi connectivity index (χ2v) is 4.82. The lowest BCUT2D eigenvalue weighted by Crippen LogP contribution is -2.36. The fraction of sp³-hybridized carbons (Fsp3) is 0.615. The molecule has 1 fully saturated rings. The summed E-state index contributed by atoms with van der Waals surface area (Å²) in [6.07, 6.45) is 3.55. The number of piperidine rings is 1. The van der Waals surface area contributed by atoms with Crippen molar-refractivity contribution in [3.05, 3.63) is 23.9 Å². The molecule has 1 aliphatic heterocycles. The van der Waals surface area contributed by atoms with Gasteiger partial charge in [-0.15, -0.1) is 0 Å². The molecule has 1 saturated heterocycles. The molecule has 1 aromatic rings. The molecular weight excluding hydrogens is 200 g/mol. The average Bonchev–Trinajstić information content (AvgIpc) is 2.30. The van der Waals surface area contributed by atoms with Gasteiger partial charge in [0, 0.05) is 19.3 Å². The van der Waals surface area contributed by atoms with E-state index in [1.54, 1.807) is 0 Å². The number of hydrogen-bond donors (Lipinski definition) is 1. The molecule has 2 heterocycles. The summed E-state index contributed by atoms with van der Waals surface area (Å²) in [5.41, 5.74) is 1.28. The van der Waals surface area contributed by atoms with Crippen molar-refractivity contribution in [3.63, 3.8) is 0 Å². The highest BCUT2D eigenvalue weighted by Crippen LogP contribution is 2.20. The molecule has 0 amide bonds. The zero-order valence-electron chi connectivity index (χ0n) is 10.1. The third kappa shape index (κ3) is 2.53. The number of pyridine rings is 1. The zero-order valence-corrected chi connectivity index (χ0v) is 10.1. The molecule has 1 N–H and O–H groups in total. The van der Waals surface area contributed by atoms with Crippen LogP contribution in [0.2, 0.25) is 0 Å². The zero-order chi connectivity index (χ0) is 11.5. The summed E-state index contributed by atoms with van der Waals surface area (Å²) in [5, 5.41) is 9.44. The first-order valence-electron chi connectivity index (χ1n) is 6.06. The van der Waals surface area contributed by atoms with Gasteiger partial charge in [0.1, 0.15) is 5.82 Å². The van der Waals surface area contributed by atoms with Crippen LogP contribution in [0, 0.1) is 0 Å². The maximum absolute atomic E-state index is 9.44. The van der Waals surface area contributed by atoms with Crippen LogP contribution < -0.4 is 4.90 Å². The van der Waals surface area contributed by atoms with Crippen molar-refractivity contribution < 1.29 is 5.11 Å². The van der Waals surface area contributed by atoms with Crippen molar-refractivity contribution in [2.45, 2.75) is 38.7 Å². The summed E-state index contributed by atoms with van der Waals surface area (Å²) in [7, 11) is 0. The Balaban J connectivity index is 2.04. The number of nitrogens with zero attached hydrogens (tertiary/aromatic N) is 2. The van der Waals surface area contributed by atoms with E-state index in [0.29, 0.717) is 5.92 Å². The van der Waals surface area contributed by atoms with Gasteiger partial charge in [0.05, 0.1) is 6.10 Å². The predicted molar refractivity (Wildman–Crippen MR) is 65.8 cm³/mol. The van der Waals surface area contributed by atoms with Crippen LogP contribution in [0.1, 0.15) is 38.2 Å². The minimum absolute atomic E-state index is 0.119. The largest absolute Gasteiger partial charge is 0.393 e. The first-order valence-corrected chi connectivity index (χ1v) is 6.06. The lowest BCUT2D eigenvalue weighted by molar-refractivity contribution is 0.145. The van der Waals surface area contributed by atoms with Gasteiger partial charge in [-0.2, -0.15) is 0 Å². The molecule has 2 rings (SSSR count). The van der Waals surface area contributed by atoms with Crippen LogP contribution in [0.3, 0.4) is 0 Å². The SMILES string of the molecule is CC(C)c1ccc(N2CCC(O)CC2)nc1. The molecular formula is C13H20N2O. The fourth-order valence-electron chi connectivity index (χ4n) is 2.02. The number of aliphatic hydroxyl groups is 1. The lowest BCUT2D eigenvalue weighted by Gasteiger charge is -2.30. The smallest absolute Gasteiger partial charge is 0.128 e. The van der Waals surface area contributed by atoms with Crippen molar-refractivity contribution in [1.29, 1.82) is 0 Å². The Hall–Kier alpha value is -1.09. The topological polar surface area (TPSA) is 36.4 Å². The quantitative estimate of drug-likeness (QED) is 0.829. The summed E-state index contributed by atoms with van der Waals surface area (Å²) in [5.74, 6) is 1.57. The molecule has 0 spiro atoms. The van der Waals surface area contributed by atoms with Gasteiger partial charge in [0.15, 0.2) is 0 Å². The molecule has 88 valence electrons. The normalized spacial score (nSPS) is 18.1. The molecule has 0 aliphatic carbocycles. The van der Waals surface area contributed by atoms with Gasteiger partial charge in [-0.1, -0.05) is 19.9 Å². The van der Waals surface area contributed by atoms with E-state index in [1.807, 2.05) is 6.20 Å². The summed E-state index contributed by atoms with van der Waals surface area (Å²) in [4.78, 5) is 6.74. The van der Waals surface area contributed by atoms with Gasteiger partial charge in [0.2, 0.25) is 0 Å². The molecule has 0 unspecified atom stereocenters. The highest BCUT2D eigenvalue weighted by Gasteiger charge is 2.17. The number of aliphatic hydroxyl groups excluding tert-OH is 1. The van der Waals surface area contributed by atoms with E-state index in [2.05, 4.69) is 35.9 Å². The molecule has 3 heteroatoms. The summed E-state index contributed by atoms with van der Waals surface area (Å²) < 4.78 is 0. The van der Waals surface area contributed by atoms with Crippen molar-refractivity contribution in [2.75, 3.05) is 18.0 Å². The van der Waals surface area contributed by atoms with Gasteiger partial charge >= 0.3 is 0 Å². The monoisotopic (exact) mass is 220 g/mol. The average molecular weight is 220 g/mol. The Kier molecular flexibility index (Phi) is 3.44. The Morgan fingerprint density at radius 3 is 2.50 bits per heavy atom. The second-order valence-electron chi connectivity index (χ2n) is 4.82. The molecule has 16 heavy (non-hydrogen) atoms. The third-order valence-electron chi connectivity index (χ3n) is 3.23. The number of aromatic nitrogens is 1. The molecule has 0 saturated carbocycles. The second kappa shape index (κ2) is 4.83. The minimum atomic E-state index is -0.119. The highest BCUT2D eigenvalue weighted by molar-refractivity contribution is 5.40. The van der Waals surface area contributed by atoms with E-state index in [9.17, 15) is 5.11 Å². The van der Waals surface area contributed by atoms with Crippen LogP contribution in [0.5, 0.6) is 0 Å². The van der Waals surface area contributed by atoms with Gasteiger partial charge < -0.3 is 10.0 Å². The van der Waals surface area contributed by atoms with E-state index in [0.717, 1.165) is 31.7 Å².